The van der Waals surface area contributed by atoms with Gasteiger partial charge < -0.3 is 10.6 Å². The van der Waals surface area contributed by atoms with Crippen molar-refractivity contribution in [2.45, 2.75) is 58.4 Å². The quantitative estimate of drug-likeness (QED) is 0.856. The molecule has 1 aliphatic heterocycles. The number of carbonyl (C=O) groups is 1. The summed E-state index contributed by atoms with van der Waals surface area (Å²) >= 11 is 0. The Morgan fingerprint density at radius 1 is 1.35 bits per heavy atom. The monoisotopic (exact) mass is 272 g/mol. The summed E-state index contributed by atoms with van der Waals surface area (Å²) in [5.74, 6) is 0.184. The predicted octanol–water partition coefficient (Wildman–Crippen LogP) is 3.95. The highest BCUT2D eigenvalue weighted by atomic mass is 16.2. The van der Waals surface area contributed by atoms with E-state index in [1.54, 1.807) is 0 Å². The van der Waals surface area contributed by atoms with E-state index in [4.69, 9.17) is 0 Å². The van der Waals surface area contributed by atoms with Crippen LogP contribution in [0.5, 0.6) is 0 Å². The first-order valence-electron chi connectivity index (χ1n) is 7.78. The molecule has 3 heteroatoms. The van der Waals surface area contributed by atoms with Crippen molar-refractivity contribution in [3.8, 4) is 0 Å². The topological polar surface area (TPSA) is 41.1 Å². The van der Waals surface area contributed by atoms with Crippen LogP contribution in [0.3, 0.4) is 0 Å². The number of para-hydroxylation sites is 1. The van der Waals surface area contributed by atoms with Gasteiger partial charge in [-0.2, -0.15) is 0 Å². The van der Waals surface area contributed by atoms with Crippen molar-refractivity contribution in [2.24, 2.45) is 5.41 Å². The Morgan fingerprint density at radius 3 is 2.85 bits per heavy atom. The van der Waals surface area contributed by atoms with E-state index in [0.717, 1.165) is 37.1 Å². The summed E-state index contributed by atoms with van der Waals surface area (Å²) in [5, 5.41) is 6.69. The number of hydrogen-bond acceptors (Lipinski definition) is 2. The van der Waals surface area contributed by atoms with Crippen LogP contribution in [0.15, 0.2) is 18.2 Å². The fourth-order valence-electron chi connectivity index (χ4n) is 3.43. The Kier molecular flexibility index (Phi) is 3.45. The van der Waals surface area contributed by atoms with Crippen molar-refractivity contribution in [2.75, 3.05) is 10.6 Å². The summed E-state index contributed by atoms with van der Waals surface area (Å²) in [6.45, 7) is 4.29. The zero-order valence-corrected chi connectivity index (χ0v) is 12.5. The summed E-state index contributed by atoms with van der Waals surface area (Å²) in [7, 11) is 0. The molecular formula is C17H24N2O. The molecule has 108 valence electrons. The van der Waals surface area contributed by atoms with Crippen LogP contribution in [0.4, 0.5) is 11.4 Å². The minimum absolute atomic E-state index is 0.178. The summed E-state index contributed by atoms with van der Waals surface area (Å²) in [6, 6.07) is 6.69. The lowest BCUT2D eigenvalue weighted by Crippen LogP contribution is -2.32. The molecule has 20 heavy (non-hydrogen) atoms. The fraction of sp³-hybridized carbons (Fsp3) is 0.588. The van der Waals surface area contributed by atoms with Gasteiger partial charge in [-0.15, -0.1) is 0 Å². The van der Waals surface area contributed by atoms with E-state index in [2.05, 4.69) is 30.5 Å². The summed E-state index contributed by atoms with van der Waals surface area (Å²) in [6.07, 6.45) is 6.61. The molecule has 1 amide bonds. The molecule has 0 aromatic heterocycles. The van der Waals surface area contributed by atoms with Gasteiger partial charge in [0, 0.05) is 11.5 Å². The average molecular weight is 272 g/mol. The first-order valence-corrected chi connectivity index (χ1v) is 7.78. The third-order valence-electron chi connectivity index (χ3n) is 4.89. The van der Waals surface area contributed by atoms with Crippen molar-refractivity contribution in [3.63, 3.8) is 0 Å². The normalized spacial score (nSPS) is 23.8. The van der Waals surface area contributed by atoms with Crippen LogP contribution in [0.25, 0.3) is 0 Å². The molecule has 1 aromatic rings. The van der Waals surface area contributed by atoms with E-state index < -0.39 is 0 Å². The van der Waals surface area contributed by atoms with Gasteiger partial charge in [0.1, 0.15) is 0 Å². The third kappa shape index (κ3) is 2.41. The minimum Gasteiger partial charge on any atom is -0.381 e. The van der Waals surface area contributed by atoms with Gasteiger partial charge in [-0.1, -0.05) is 31.9 Å². The summed E-state index contributed by atoms with van der Waals surface area (Å²) in [4.78, 5) is 12.6. The number of fused-ring (bicyclic) bond motifs is 1. The molecule has 0 saturated heterocycles. The number of aryl methyl sites for hydroxylation is 1. The van der Waals surface area contributed by atoms with Crippen LogP contribution in [-0.2, 0) is 11.2 Å². The molecule has 2 N–H and O–H groups in total. The van der Waals surface area contributed by atoms with Crippen LogP contribution in [0.1, 0.15) is 51.5 Å². The van der Waals surface area contributed by atoms with Crippen LogP contribution in [-0.4, -0.2) is 11.9 Å². The standard InChI is InChI=1S/C17H24N2O/c1-12-8-9-13-6-5-7-14(15(13)18-12)19-16(20)17(2)10-3-4-11-17/h5-7,12,18H,3-4,8-11H2,1-2H3,(H,19,20). The van der Waals surface area contributed by atoms with Crippen LogP contribution in [0.2, 0.25) is 0 Å². The van der Waals surface area contributed by atoms with Crippen molar-refractivity contribution in [1.82, 2.24) is 0 Å². The fourth-order valence-corrected chi connectivity index (χ4v) is 3.43. The second-order valence-electron chi connectivity index (χ2n) is 6.65. The highest BCUT2D eigenvalue weighted by Crippen LogP contribution is 2.40. The maximum Gasteiger partial charge on any atom is 0.230 e. The van der Waals surface area contributed by atoms with Gasteiger partial charge in [0.2, 0.25) is 5.91 Å². The summed E-state index contributed by atoms with van der Waals surface area (Å²) < 4.78 is 0. The lowest BCUT2D eigenvalue weighted by atomic mass is 9.87. The van der Waals surface area contributed by atoms with Gasteiger partial charge >= 0.3 is 0 Å². The molecule has 3 nitrogen and oxygen atoms in total. The maximum atomic E-state index is 12.6. The number of rotatable bonds is 2. The molecule has 2 aliphatic rings. The Morgan fingerprint density at radius 2 is 2.10 bits per heavy atom. The van der Waals surface area contributed by atoms with Gasteiger partial charge in [0.05, 0.1) is 11.4 Å². The van der Waals surface area contributed by atoms with Crippen LogP contribution >= 0.6 is 0 Å². The van der Waals surface area contributed by atoms with E-state index in [1.165, 1.54) is 18.4 Å². The molecular weight excluding hydrogens is 248 g/mol. The van der Waals surface area contributed by atoms with Gasteiger partial charge in [0.25, 0.3) is 0 Å². The van der Waals surface area contributed by atoms with Crippen molar-refractivity contribution < 1.29 is 4.79 Å². The molecule has 0 bridgehead atoms. The zero-order chi connectivity index (χ0) is 14.2. The average Bonchev–Trinajstić information content (AvgIpc) is 2.88. The second kappa shape index (κ2) is 5.12. The lowest BCUT2D eigenvalue weighted by Gasteiger charge is -2.28. The Balaban J connectivity index is 1.83. The van der Waals surface area contributed by atoms with Crippen molar-refractivity contribution in [3.05, 3.63) is 23.8 Å². The molecule has 0 spiro atoms. The molecule has 1 fully saturated rings. The molecule has 1 aliphatic carbocycles. The Hall–Kier alpha value is -1.51. The Labute approximate surface area is 121 Å². The number of hydrogen-bond donors (Lipinski definition) is 2. The Bertz CT molecular complexity index is 518. The van der Waals surface area contributed by atoms with E-state index >= 15 is 0 Å². The van der Waals surface area contributed by atoms with Gasteiger partial charge in [0.15, 0.2) is 0 Å². The van der Waals surface area contributed by atoms with Crippen molar-refractivity contribution in [1.29, 1.82) is 0 Å². The number of carbonyl (C=O) groups excluding carboxylic acids is 1. The molecule has 1 unspecified atom stereocenters. The summed E-state index contributed by atoms with van der Waals surface area (Å²) in [5.41, 5.74) is 3.22. The molecule has 1 saturated carbocycles. The highest BCUT2D eigenvalue weighted by molar-refractivity contribution is 5.98. The van der Waals surface area contributed by atoms with Crippen LogP contribution in [0, 0.1) is 5.41 Å². The number of amides is 1. The van der Waals surface area contributed by atoms with E-state index in [0.29, 0.717) is 6.04 Å². The zero-order valence-electron chi connectivity index (χ0n) is 12.5. The lowest BCUT2D eigenvalue weighted by molar-refractivity contribution is -0.124. The molecule has 0 radical (unpaired) electrons. The molecule has 1 atom stereocenters. The first-order chi connectivity index (χ1) is 9.58. The number of anilines is 2. The van der Waals surface area contributed by atoms with E-state index in [1.807, 2.05) is 12.1 Å². The first kappa shape index (κ1) is 13.5. The van der Waals surface area contributed by atoms with Gasteiger partial charge in [-0.3, -0.25) is 4.79 Å². The molecule has 1 aromatic carbocycles. The molecule has 1 heterocycles. The largest absolute Gasteiger partial charge is 0.381 e. The van der Waals surface area contributed by atoms with Gasteiger partial charge in [-0.25, -0.2) is 0 Å². The van der Waals surface area contributed by atoms with Gasteiger partial charge in [-0.05, 0) is 44.2 Å². The van der Waals surface area contributed by atoms with Crippen molar-refractivity contribution >= 4 is 17.3 Å². The maximum absolute atomic E-state index is 12.6. The second-order valence-corrected chi connectivity index (χ2v) is 6.65. The van der Waals surface area contributed by atoms with E-state index in [-0.39, 0.29) is 11.3 Å². The molecule has 3 rings (SSSR count). The number of nitrogens with one attached hydrogen (secondary N) is 2. The third-order valence-corrected chi connectivity index (χ3v) is 4.89. The number of benzene rings is 1. The minimum atomic E-state index is -0.178. The smallest absolute Gasteiger partial charge is 0.230 e. The highest BCUT2D eigenvalue weighted by Gasteiger charge is 2.36. The van der Waals surface area contributed by atoms with Crippen LogP contribution < -0.4 is 10.6 Å². The predicted molar refractivity (Wildman–Crippen MR) is 83.1 cm³/mol. The van der Waals surface area contributed by atoms with E-state index in [9.17, 15) is 4.79 Å². The SMILES string of the molecule is CC1CCc2cccc(NC(=O)C3(C)CCCC3)c2N1.